The molecular weight excluding hydrogens is 365 g/mol. The van der Waals surface area contributed by atoms with Gasteiger partial charge in [-0.1, -0.05) is 34.8 Å². The molecule has 2 N–H and O–H groups in total. The van der Waals surface area contributed by atoms with Crippen molar-refractivity contribution in [2.45, 2.75) is 0 Å². The fraction of sp³-hybridized carbons (Fsp3) is 0.133. The zero-order valence-electron chi connectivity index (χ0n) is 11.5. The Morgan fingerprint density at radius 2 is 1.74 bits per heavy atom. The van der Waals surface area contributed by atoms with Gasteiger partial charge in [-0.2, -0.15) is 0 Å². The van der Waals surface area contributed by atoms with E-state index in [-0.39, 0.29) is 20.6 Å². The number of hydrogen-bond acceptors (Lipinski definition) is 4. The molecule has 0 spiro atoms. The van der Waals surface area contributed by atoms with Gasteiger partial charge in [0.15, 0.2) is 11.5 Å². The topological polar surface area (TPSA) is 67.8 Å². The normalized spacial score (nSPS) is 12.8. The van der Waals surface area contributed by atoms with E-state index in [2.05, 4.69) is 5.32 Å². The lowest BCUT2D eigenvalue weighted by molar-refractivity contribution is 0.102. The highest BCUT2D eigenvalue weighted by atomic mass is 35.5. The van der Waals surface area contributed by atoms with Crippen LogP contribution in [0, 0.1) is 0 Å². The summed E-state index contributed by atoms with van der Waals surface area (Å²) in [4.78, 5) is 12.4. The fourth-order valence-corrected chi connectivity index (χ4v) is 2.80. The molecule has 0 atom stereocenters. The Labute approximate surface area is 146 Å². The van der Waals surface area contributed by atoms with Crippen molar-refractivity contribution in [2.75, 3.05) is 18.5 Å². The largest absolute Gasteiger partial charge is 0.505 e. The fourth-order valence-electron chi connectivity index (χ4n) is 2.11. The molecule has 0 unspecified atom stereocenters. The van der Waals surface area contributed by atoms with Crippen LogP contribution in [-0.2, 0) is 0 Å². The predicted molar refractivity (Wildman–Crippen MR) is 88.5 cm³/mol. The van der Waals surface area contributed by atoms with E-state index in [0.717, 1.165) is 0 Å². The summed E-state index contributed by atoms with van der Waals surface area (Å²) in [6, 6.07) is 6.20. The van der Waals surface area contributed by atoms with E-state index in [9.17, 15) is 9.90 Å². The lowest BCUT2D eigenvalue weighted by Crippen LogP contribution is -2.16. The van der Waals surface area contributed by atoms with Crippen molar-refractivity contribution < 1.29 is 19.4 Å². The summed E-state index contributed by atoms with van der Waals surface area (Å²) < 4.78 is 10.8. The maximum atomic E-state index is 12.4. The smallest absolute Gasteiger partial charge is 0.261 e. The number of carbonyl (C=O) groups is 1. The summed E-state index contributed by atoms with van der Waals surface area (Å²) in [6.07, 6.45) is 0. The molecule has 1 heterocycles. The summed E-state index contributed by atoms with van der Waals surface area (Å²) in [5.41, 5.74) is 0.255. The Balaban J connectivity index is 1.91. The third kappa shape index (κ3) is 3.13. The van der Waals surface area contributed by atoms with Gasteiger partial charge in [-0.05, 0) is 18.2 Å². The molecule has 120 valence electrons. The minimum Gasteiger partial charge on any atom is -0.505 e. The second-order valence-corrected chi connectivity index (χ2v) is 5.88. The third-order valence-electron chi connectivity index (χ3n) is 3.17. The van der Waals surface area contributed by atoms with Crippen LogP contribution in [0.15, 0.2) is 24.3 Å². The molecule has 0 saturated heterocycles. The van der Waals surface area contributed by atoms with E-state index < -0.39 is 11.7 Å². The molecule has 3 rings (SSSR count). The Kier molecular flexibility index (Phi) is 4.43. The number of anilines is 1. The number of phenolic OH excluding ortho intramolecular Hbond substituents is 1. The lowest BCUT2D eigenvalue weighted by Gasteiger charge is -2.19. The number of fused-ring (bicyclic) bond motifs is 1. The van der Waals surface area contributed by atoms with Crippen molar-refractivity contribution in [2.24, 2.45) is 0 Å². The van der Waals surface area contributed by atoms with Crippen LogP contribution < -0.4 is 14.8 Å². The number of ether oxygens (including phenoxy) is 2. The van der Waals surface area contributed by atoms with Crippen LogP contribution in [0.25, 0.3) is 0 Å². The van der Waals surface area contributed by atoms with Gasteiger partial charge in [0, 0.05) is 11.8 Å². The van der Waals surface area contributed by atoms with Crippen LogP contribution in [0.5, 0.6) is 17.2 Å². The number of benzene rings is 2. The number of hydrogen-bond donors (Lipinski definition) is 2. The van der Waals surface area contributed by atoms with Crippen molar-refractivity contribution in [1.29, 1.82) is 0 Å². The van der Waals surface area contributed by atoms with E-state index in [4.69, 9.17) is 44.3 Å². The summed E-state index contributed by atoms with van der Waals surface area (Å²) in [6.45, 7) is 0.907. The molecule has 1 amide bonds. The van der Waals surface area contributed by atoms with E-state index in [0.29, 0.717) is 30.4 Å². The van der Waals surface area contributed by atoms with Crippen LogP contribution >= 0.6 is 34.8 Å². The Bertz CT molecular complexity index is 769. The minimum absolute atomic E-state index is 0.0632. The van der Waals surface area contributed by atoms with Crippen LogP contribution in [0.3, 0.4) is 0 Å². The predicted octanol–water partition coefficient (Wildman–Crippen LogP) is 4.38. The first-order valence-corrected chi connectivity index (χ1v) is 7.68. The molecule has 0 fully saturated rings. The molecule has 8 heteroatoms. The number of nitrogens with one attached hydrogen (secondary N) is 1. The van der Waals surface area contributed by atoms with Gasteiger partial charge < -0.3 is 19.9 Å². The van der Waals surface area contributed by atoms with E-state index in [1.165, 1.54) is 6.07 Å². The molecule has 0 aromatic heterocycles. The minimum atomic E-state index is -0.645. The zero-order chi connectivity index (χ0) is 16.6. The number of amides is 1. The molecule has 2 aromatic carbocycles. The zero-order valence-corrected chi connectivity index (χ0v) is 13.8. The van der Waals surface area contributed by atoms with Crippen molar-refractivity contribution in [3.05, 3.63) is 44.9 Å². The maximum absolute atomic E-state index is 12.4. The second kappa shape index (κ2) is 6.35. The second-order valence-electron chi connectivity index (χ2n) is 4.69. The molecule has 1 aliphatic heterocycles. The summed E-state index contributed by atoms with van der Waals surface area (Å²) in [5.74, 6) is 0.0408. The van der Waals surface area contributed by atoms with Gasteiger partial charge in [-0.3, -0.25) is 4.79 Å². The molecular formula is C15H10Cl3NO4. The Hall–Kier alpha value is -1.82. The number of halogens is 3. The third-order valence-corrected chi connectivity index (χ3v) is 4.25. The average molecular weight is 375 g/mol. The van der Waals surface area contributed by atoms with E-state index >= 15 is 0 Å². The highest BCUT2D eigenvalue weighted by molar-refractivity contribution is 6.46. The maximum Gasteiger partial charge on any atom is 0.261 e. The Morgan fingerprint density at radius 3 is 2.48 bits per heavy atom. The molecule has 5 nitrogen and oxygen atoms in total. The van der Waals surface area contributed by atoms with Crippen LogP contribution in [0.2, 0.25) is 15.1 Å². The standard InChI is InChI=1S/C15H10Cl3NO4/c16-8-6-9(17)14(20)12(13(8)18)15(21)19-7-1-2-10-11(5-7)23-4-3-22-10/h1-2,5-6,20H,3-4H2,(H,19,21). The van der Waals surface area contributed by atoms with Gasteiger partial charge in [-0.25, -0.2) is 0 Å². The summed E-state index contributed by atoms with van der Waals surface area (Å²) in [7, 11) is 0. The SMILES string of the molecule is O=C(Nc1ccc2c(c1)OCCO2)c1c(O)c(Cl)cc(Cl)c1Cl. The van der Waals surface area contributed by atoms with Gasteiger partial charge >= 0.3 is 0 Å². The number of rotatable bonds is 2. The quantitative estimate of drug-likeness (QED) is 0.766. The number of aromatic hydroxyl groups is 1. The van der Waals surface area contributed by atoms with Crippen LogP contribution in [0.4, 0.5) is 5.69 Å². The summed E-state index contributed by atoms with van der Waals surface area (Å²) in [5, 5.41) is 12.5. The Morgan fingerprint density at radius 1 is 1.04 bits per heavy atom. The highest BCUT2D eigenvalue weighted by Gasteiger charge is 2.22. The molecule has 0 radical (unpaired) electrons. The first-order valence-electron chi connectivity index (χ1n) is 6.55. The summed E-state index contributed by atoms with van der Waals surface area (Å²) >= 11 is 17.7. The van der Waals surface area contributed by atoms with Gasteiger partial charge in [0.1, 0.15) is 24.5 Å². The molecule has 23 heavy (non-hydrogen) atoms. The molecule has 0 saturated carbocycles. The molecule has 2 aromatic rings. The van der Waals surface area contributed by atoms with Crippen LogP contribution in [-0.4, -0.2) is 24.2 Å². The van der Waals surface area contributed by atoms with Gasteiger partial charge in [0.2, 0.25) is 0 Å². The lowest BCUT2D eigenvalue weighted by atomic mass is 10.1. The van der Waals surface area contributed by atoms with Crippen LogP contribution in [0.1, 0.15) is 10.4 Å². The van der Waals surface area contributed by atoms with Gasteiger partial charge in [-0.15, -0.1) is 0 Å². The van der Waals surface area contributed by atoms with Gasteiger partial charge in [0.25, 0.3) is 5.91 Å². The van der Waals surface area contributed by atoms with Gasteiger partial charge in [0.05, 0.1) is 15.1 Å². The van der Waals surface area contributed by atoms with E-state index in [1.54, 1.807) is 18.2 Å². The van der Waals surface area contributed by atoms with Crippen molar-refractivity contribution in [1.82, 2.24) is 0 Å². The van der Waals surface area contributed by atoms with Crippen molar-refractivity contribution in [3.63, 3.8) is 0 Å². The average Bonchev–Trinajstić information content (AvgIpc) is 2.53. The molecule has 1 aliphatic rings. The number of phenols is 1. The first kappa shape index (κ1) is 16.1. The molecule has 0 bridgehead atoms. The van der Waals surface area contributed by atoms with E-state index in [1.807, 2.05) is 0 Å². The first-order chi connectivity index (χ1) is 11.0. The monoisotopic (exact) mass is 373 g/mol. The van der Waals surface area contributed by atoms with Crippen molar-refractivity contribution in [3.8, 4) is 17.2 Å². The molecule has 0 aliphatic carbocycles. The number of carbonyl (C=O) groups excluding carboxylic acids is 1. The van der Waals surface area contributed by atoms with Crippen molar-refractivity contribution >= 4 is 46.4 Å². The highest BCUT2D eigenvalue weighted by Crippen LogP contribution is 2.39.